The zero-order chi connectivity index (χ0) is 19.2. The number of hydrogen-bond donors (Lipinski definition) is 1. The highest BCUT2D eigenvalue weighted by atomic mass is 16.5. The second-order valence-corrected chi connectivity index (χ2v) is 8.64. The third kappa shape index (κ3) is 3.10. The third-order valence-corrected chi connectivity index (χ3v) is 5.91. The Hall–Kier alpha value is -2.74. The average Bonchev–Trinajstić information content (AvgIpc) is 2.84. The number of nitrogen functional groups attached to an aromatic ring is 1. The maximum atomic E-state index is 6.16. The first-order valence-corrected chi connectivity index (χ1v) is 9.53. The molecule has 2 heteroatoms. The molecule has 0 spiro atoms. The van der Waals surface area contributed by atoms with E-state index in [-0.39, 0.29) is 10.8 Å². The van der Waals surface area contributed by atoms with Crippen LogP contribution in [0.2, 0.25) is 0 Å². The molecule has 3 aromatic rings. The van der Waals surface area contributed by atoms with E-state index in [2.05, 4.69) is 70.2 Å². The van der Waals surface area contributed by atoms with Gasteiger partial charge in [-0.2, -0.15) is 0 Å². The van der Waals surface area contributed by atoms with Crippen molar-refractivity contribution in [3.8, 4) is 11.5 Å². The van der Waals surface area contributed by atoms with Crippen LogP contribution in [0.4, 0.5) is 5.69 Å². The number of rotatable bonds is 3. The molecular formula is C25H27NO. The van der Waals surface area contributed by atoms with Gasteiger partial charge in [-0.3, -0.25) is 0 Å². The van der Waals surface area contributed by atoms with Gasteiger partial charge < -0.3 is 10.5 Å². The summed E-state index contributed by atoms with van der Waals surface area (Å²) in [6.45, 7) is 9.07. The van der Waals surface area contributed by atoms with Gasteiger partial charge in [0.2, 0.25) is 0 Å². The van der Waals surface area contributed by atoms with Crippen LogP contribution >= 0.6 is 0 Å². The van der Waals surface area contributed by atoms with Crippen molar-refractivity contribution in [1.29, 1.82) is 0 Å². The Labute approximate surface area is 162 Å². The molecule has 0 saturated heterocycles. The normalized spacial score (nSPS) is 20.3. The van der Waals surface area contributed by atoms with Gasteiger partial charge in [0.1, 0.15) is 11.5 Å². The van der Waals surface area contributed by atoms with Gasteiger partial charge in [-0.1, -0.05) is 56.7 Å². The van der Waals surface area contributed by atoms with Gasteiger partial charge in [0.15, 0.2) is 0 Å². The molecule has 27 heavy (non-hydrogen) atoms. The Kier molecular flexibility index (Phi) is 4.03. The van der Waals surface area contributed by atoms with Crippen LogP contribution in [-0.4, -0.2) is 0 Å². The molecule has 1 aliphatic carbocycles. The monoisotopic (exact) mass is 357 g/mol. The van der Waals surface area contributed by atoms with Crippen LogP contribution in [0.1, 0.15) is 49.4 Å². The van der Waals surface area contributed by atoms with Gasteiger partial charge in [-0.25, -0.2) is 0 Å². The van der Waals surface area contributed by atoms with Gasteiger partial charge in [-0.05, 0) is 71.8 Å². The Morgan fingerprint density at radius 3 is 2.07 bits per heavy atom. The average molecular weight is 357 g/mol. The van der Waals surface area contributed by atoms with Gasteiger partial charge in [0.05, 0.1) is 0 Å². The molecular weight excluding hydrogens is 330 g/mol. The molecule has 1 aliphatic rings. The molecule has 0 heterocycles. The maximum Gasteiger partial charge on any atom is 0.127 e. The van der Waals surface area contributed by atoms with Gasteiger partial charge in [0.25, 0.3) is 0 Å². The molecule has 0 aliphatic heterocycles. The highest BCUT2D eigenvalue weighted by Gasteiger charge is 2.45. The molecule has 1 unspecified atom stereocenters. The van der Waals surface area contributed by atoms with Gasteiger partial charge in [0, 0.05) is 11.1 Å². The fraction of sp³-hybridized carbons (Fsp3) is 0.280. The molecule has 0 fully saturated rings. The second kappa shape index (κ2) is 6.16. The van der Waals surface area contributed by atoms with Crippen LogP contribution in [0.5, 0.6) is 11.5 Å². The number of ether oxygens (including phenoxy) is 1. The summed E-state index contributed by atoms with van der Waals surface area (Å²) < 4.78 is 6.16. The minimum Gasteiger partial charge on any atom is -0.457 e. The smallest absolute Gasteiger partial charge is 0.127 e. The van der Waals surface area contributed by atoms with Crippen molar-refractivity contribution in [1.82, 2.24) is 0 Å². The van der Waals surface area contributed by atoms with Crippen molar-refractivity contribution < 1.29 is 4.74 Å². The summed E-state index contributed by atoms with van der Waals surface area (Å²) in [5.74, 6) is 1.75. The zero-order valence-electron chi connectivity index (χ0n) is 16.5. The van der Waals surface area contributed by atoms with Crippen LogP contribution in [0.15, 0.2) is 66.7 Å². The van der Waals surface area contributed by atoms with Gasteiger partial charge in [-0.15, -0.1) is 0 Å². The van der Waals surface area contributed by atoms with Crippen molar-refractivity contribution in [2.45, 2.75) is 44.9 Å². The molecule has 1 atom stereocenters. The summed E-state index contributed by atoms with van der Waals surface area (Å²) in [5, 5.41) is 0. The quantitative estimate of drug-likeness (QED) is 0.554. The largest absolute Gasteiger partial charge is 0.457 e. The van der Waals surface area contributed by atoms with E-state index in [4.69, 9.17) is 10.5 Å². The highest BCUT2D eigenvalue weighted by molar-refractivity contribution is 5.55. The summed E-state index contributed by atoms with van der Waals surface area (Å²) in [5.41, 5.74) is 12.1. The van der Waals surface area contributed by atoms with E-state index < -0.39 is 0 Å². The highest BCUT2D eigenvalue weighted by Crippen LogP contribution is 2.53. The van der Waals surface area contributed by atoms with E-state index in [0.29, 0.717) is 0 Å². The maximum absolute atomic E-state index is 6.16. The number of hydrogen-bond acceptors (Lipinski definition) is 2. The molecule has 138 valence electrons. The van der Waals surface area contributed by atoms with Crippen molar-refractivity contribution >= 4 is 5.69 Å². The van der Waals surface area contributed by atoms with Crippen molar-refractivity contribution in [3.05, 3.63) is 89.0 Å². The molecule has 0 aromatic heterocycles. The molecule has 0 bridgehead atoms. The fourth-order valence-corrected chi connectivity index (χ4v) is 4.56. The summed E-state index contributed by atoms with van der Waals surface area (Å²) in [7, 11) is 0. The minimum absolute atomic E-state index is 0.0564. The summed E-state index contributed by atoms with van der Waals surface area (Å²) in [6, 6.07) is 23.1. The van der Waals surface area contributed by atoms with E-state index in [1.165, 1.54) is 22.3 Å². The molecule has 2 N–H and O–H groups in total. The second-order valence-electron chi connectivity index (χ2n) is 8.64. The Balaban J connectivity index is 1.77. The summed E-state index contributed by atoms with van der Waals surface area (Å²) in [6.07, 6.45) is 1.06. The number of benzene rings is 3. The third-order valence-electron chi connectivity index (χ3n) is 5.91. The van der Waals surface area contributed by atoms with Crippen LogP contribution in [0, 0.1) is 6.92 Å². The van der Waals surface area contributed by atoms with E-state index in [9.17, 15) is 0 Å². The van der Waals surface area contributed by atoms with Crippen LogP contribution < -0.4 is 10.5 Å². The molecule has 0 amide bonds. The van der Waals surface area contributed by atoms with Crippen molar-refractivity contribution in [2.75, 3.05) is 5.73 Å². The minimum atomic E-state index is -0.0564. The van der Waals surface area contributed by atoms with E-state index in [0.717, 1.165) is 23.6 Å². The lowest BCUT2D eigenvalue weighted by atomic mass is 9.75. The van der Waals surface area contributed by atoms with E-state index in [1.54, 1.807) is 0 Å². The molecule has 2 nitrogen and oxygen atoms in total. The molecule has 4 rings (SSSR count). The number of nitrogens with two attached hydrogens (primary N) is 1. The summed E-state index contributed by atoms with van der Waals surface area (Å²) >= 11 is 0. The first kappa shape index (κ1) is 17.7. The first-order valence-electron chi connectivity index (χ1n) is 9.53. The van der Waals surface area contributed by atoms with Crippen molar-refractivity contribution in [2.24, 2.45) is 0 Å². The predicted octanol–water partition coefficient (Wildman–Crippen LogP) is 6.36. The van der Waals surface area contributed by atoms with E-state index in [1.807, 2.05) is 24.3 Å². The fourth-order valence-electron chi connectivity index (χ4n) is 4.56. The predicted molar refractivity (Wildman–Crippen MR) is 113 cm³/mol. The lowest BCUT2D eigenvalue weighted by Crippen LogP contribution is -2.23. The lowest BCUT2D eigenvalue weighted by molar-refractivity contribution is 0.424. The van der Waals surface area contributed by atoms with Crippen molar-refractivity contribution in [3.63, 3.8) is 0 Å². The van der Waals surface area contributed by atoms with Crippen LogP contribution in [0.3, 0.4) is 0 Å². The summed E-state index contributed by atoms with van der Waals surface area (Å²) in [4.78, 5) is 0. The Bertz CT molecular complexity index is 970. The number of aryl methyl sites for hydroxylation is 1. The van der Waals surface area contributed by atoms with Crippen LogP contribution in [-0.2, 0) is 10.8 Å². The zero-order valence-corrected chi connectivity index (χ0v) is 16.5. The van der Waals surface area contributed by atoms with Gasteiger partial charge >= 0.3 is 0 Å². The first-order chi connectivity index (χ1) is 12.8. The molecule has 0 saturated carbocycles. The van der Waals surface area contributed by atoms with E-state index >= 15 is 0 Å². The SMILES string of the molecule is Cc1ccc(Oc2ccc3c(c2)C(C)(c2ccc(N)cc2)CC3(C)C)cc1. The lowest BCUT2D eigenvalue weighted by Gasteiger charge is -2.28. The number of fused-ring (bicyclic) bond motifs is 1. The van der Waals surface area contributed by atoms with Crippen LogP contribution in [0.25, 0.3) is 0 Å². The standard InChI is InChI=1S/C25H27NO/c1-17-5-11-20(12-6-17)27-21-13-14-22-23(15-21)25(4,16-24(22,2)3)18-7-9-19(26)10-8-18/h5-15H,16,26H2,1-4H3. The number of anilines is 1. The molecule has 3 aromatic carbocycles. The Morgan fingerprint density at radius 2 is 1.41 bits per heavy atom. The molecule has 0 radical (unpaired) electrons. The topological polar surface area (TPSA) is 35.2 Å². The Morgan fingerprint density at radius 1 is 0.778 bits per heavy atom.